The molecule has 1 heterocycles. The number of hydrogen-bond acceptors (Lipinski definition) is 5. The van der Waals surface area contributed by atoms with E-state index in [0.717, 1.165) is 22.8 Å². The minimum absolute atomic E-state index is 0.134. The van der Waals surface area contributed by atoms with Crippen LogP contribution in [0.3, 0.4) is 0 Å². The van der Waals surface area contributed by atoms with E-state index < -0.39 is 5.97 Å². The minimum atomic E-state index is -1.13. The molecular formula is C18H17NO4S. The van der Waals surface area contributed by atoms with Crippen molar-refractivity contribution in [2.24, 2.45) is 0 Å². The summed E-state index contributed by atoms with van der Waals surface area (Å²) in [6.07, 6.45) is 0.845. The maximum atomic E-state index is 11.0. The number of thiol groups is 1. The lowest BCUT2D eigenvalue weighted by molar-refractivity contribution is 0.0686. The number of rotatable bonds is 5. The fraction of sp³-hybridized carbons (Fsp3) is 0.222. The fourth-order valence-corrected chi connectivity index (χ4v) is 2.94. The van der Waals surface area contributed by atoms with Crippen LogP contribution in [-0.2, 0) is 6.42 Å². The van der Waals surface area contributed by atoms with Gasteiger partial charge in [-0.2, -0.15) is 12.6 Å². The van der Waals surface area contributed by atoms with Crippen molar-refractivity contribution in [2.45, 2.75) is 18.6 Å². The van der Waals surface area contributed by atoms with Crippen molar-refractivity contribution >= 4 is 29.4 Å². The van der Waals surface area contributed by atoms with Crippen LogP contribution in [0.2, 0.25) is 0 Å². The van der Waals surface area contributed by atoms with E-state index >= 15 is 0 Å². The molecule has 6 heteroatoms. The lowest BCUT2D eigenvalue weighted by Crippen LogP contribution is -1.97. The first-order chi connectivity index (χ1) is 11.5. The molecule has 1 N–H and O–H groups in total. The van der Waals surface area contributed by atoms with Crippen LogP contribution in [-0.4, -0.2) is 28.6 Å². The highest BCUT2D eigenvalue weighted by Crippen LogP contribution is 2.37. The molecule has 0 aliphatic carbocycles. The Bertz CT molecular complexity index is 901. The second-order valence-corrected chi connectivity index (χ2v) is 6.52. The first-order valence-electron chi connectivity index (χ1n) is 7.47. The molecule has 0 saturated carbocycles. The summed E-state index contributed by atoms with van der Waals surface area (Å²) in [6.45, 7) is 2.04. The van der Waals surface area contributed by atoms with Gasteiger partial charge in [0.05, 0.1) is 12.7 Å². The predicted molar refractivity (Wildman–Crippen MR) is 95.1 cm³/mol. The van der Waals surface area contributed by atoms with Crippen molar-refractivity contribution in [3.8, 4) is 17.1 Å². The van der Waals surface area contributed by atoms with Crippen molar-refractivity contribution in [3.63, 3.8) is 0 Å². The van der Waals surface area contributed by atoms with Crippen LogP contribution in [0.1, 0.15) is 23.0 Å². The Labute approximate surface area is 144 Å². The van der Waals surface area contributed by atoms with Gasteiger partial charge in [-0.05, 0) is 29.5 Å². The van der Waals surface area contributed by atoms with Crippen LogP contribution in [0.15, 0.2) is 40.9 Å². The van der Waals surface area contributed by atoms with Gasteiger partial charge in [-0.3, -0.25) is 0 Å². The molecule has 0 aliphatic rings. The molecule has 1 aromatic heterocycles. The Kier molecular flexibility index (Phi) is 4.49. The standard InChI is InChI=1S/C18H17NO4S/c1-10(24)7-11-3-4-12-5-6-13(17(22-2)14(12)8-11)16-9-15(18(20)21)19-23-16/h3-6,8-10,24H,7H2,1-2H3,(H,20,21). The van der Waals surface area contributed by atoms with Gasteiger partial charge in [0.25, 0.3) is 0 Å². The Morgan fingerprint density at radius 1 is 1.33 bits per heavy atom. The molecule has 124 valence electrons. The Morgan fingerprint density at radius 2 is 2.08 bits per heavy atom. The number of fused-ring (bicyclic) bond motifs is 1. The number of hydrogen-bond donors (Lipinski definition) is 2. The van der Waals surface area contributed by atoms with Gasteiger partial charge in [0.1, 0.15) is 5.75 Å². The molecule has 3 aromatic rings. The number of aromatic carboxylic acids is 1. The summed E-state index contributed by atoms with van der Waals surface area (Å²) in [4.78, 5) is 11.0. The summed E-state index contributed by atoms with van der Waals surface area (Å²) >= 11 is 4.44. The molecule has 24 heavy (non-hydrogen) atoms. The number of methoxy groups -OCH3 is 1. The molecule has 3 rings (SSSR count). The molecule has 0 fully saturated rings. The zero-order chi connectivity index (χ0) is 17.3. The molecule has 0 bridgehead atoms. The minimum Gasteiger partial charge on any atom is -0.495 e. The van der Waals surface area contributed by atoms with Crippen molar-refractivity contribution < 1.29 is 19.2 Å². The second-order valence-electron chi connectivity index (χ2n) is 5.64. The fourth-order valence-electron chi connectivity index (χ4n) is 2.72. The van der Waals surface area contributed by atoms with Gasteiger partial charge in [-0.1, -0.05) is 30.3 Å². The van der Waals surface area contributed by atoms with Gasteiger partial charge in [0.15, 0.2) is 11.5 Å². The number of aromatic nitrogens is 1. The monoisotopic (exact) mass is 343 g/mol. The SMILES string of the molecule is COc1c(-c2cc(C(=O)O)no2)ccc2ccc(CC(C)S)cc12. The zero-order valence-electron chi connectivity index (χ0n) is 13.3. The van der Waals surface area contributed by atoms with Crippen molar-refractivity contribution in [1.29, 1.82) is 0 Å². The summed E-state index contributed by atoms with van der Waals surface area (Å²) in [6, 6.07) is 11.4. The molecular weight excluding hydrogens is 326 g/mol. The van der Waals surface area contributed by atoms with Crippen LogP contribution >= 0.6 is 12.6 Å². The summed E-state index contributed by atoms with van der Waals surface area (Å²) in [5.41, 5.74) is 1.69. The molecule has 0 saturated heterocycles. The maximum Gasteiger partial charge on any atom is 0.358 e. The highest BCUT2D eigenvalue weighted by Gasteiger charge is 2.17. The third-order valence-corrected chi connectivity index (χ3v) is 3.95. The highest BCUT2D eigenvalue weighted by atomic mass is 32.1. The highest BCUT2D eigenvalue weighted by molar-refractivity contribution is 7.80. The van der Waals surface area contributed by atoms with Crippen LogP contribution < -0.4 is 4.74 Å². The molecule has 0 amide bonds. The number of nitrogens with zero attached hydrogens (tertiary/aromatic N) is 1. The van der Waals surface area contributed by atoms with E-state index in [4.69, 9.17) is 14.4 Å². The van der Waals surface area contributed by atoms with Crippen LogP contribution in [0.25, 0.3) is 22.1 Å². The normalized spacial score (nSPS) is 12.3. The number of carboxylic acid groups (broad SMARTS) is 1. The van der Waals surface area contributed by atoms with Crippen LogP contribution in [0.4, 0.5) is 0 Å². The number of benzene rings is 2. The molecule has 1 unspecified atom stereocenters. The van der Waals surface area contributed by atoms with Gasteiger partial charge in [0, 0.05) is 16.7 Å². The Balaban J connectivity index is 2.15. The van der Waals surface area contributed by atoms with Crippen molar-refractivity contribution in [1.82, 2.24) is 5.16 Å². The van der Waals surface area contributed by atoms with E-state index in [1.807, 2.05) is 25.1 Å². The van der Waals surface area contributed by atoms with E-state index in [9.17, 15) is 4.79 Å². The van der Waals surface area contributed by atoms with Gasteiger partial charge in [0.2, 0.25) is 0 Å². The topological polar surface area (TPSA) is 72.6 Å². The number of carboxylic acids is 1. The first-order valence-corrected chi connectivity index (χ1v) is 7.99. The summed E-state index contributed by atoms with van der Waals surface area (Å²) < 4.78 is 10.8. The van der Waals surface area contributed by atoms with Crippen LogP contribution in [0.5, 0.6) is 5.75 Å². The van der Waals surface area contributed by atoms with Gasteiger partial charge in [-0.25, -0.2) is 4.79 Å². The van der Waals surface area contributed by atoms with Crippen LogP contribution in [0, 0.1) is 0 Å². The molecule has 0 aliphatic heterocycles. The van der Waals surface area contributed by atoms with Crippen molar-refractivity contribution in [2.75, 3.05) is 7.11 Å². The maximum absolute atomic E-state index is 11.0. The smallest absolute Gasteiger partial charge is 0.358 e. The largest absolute Gasteiger partial charge is 0.495 e. The number of carbonyl (C=O) groups is 1. The summed E-state index contributed by atoms with van der Waals surface area (Å²) in [7, 11) is 1.58. The molecule has 1 atom stereocenters. The van der Waals surface area contributed by atoms with Gasteiger partial charge < -0.3 is 14.4 Å². The number of ether oxygens (including phenoxy) is 1. The molecule has 0 spiro atoms. The third-order valence-electron chi connectivity index (χ3n) is 3.77. The van der Waals surface area contributed by atoms with Gasteiger partial charge in [-0.15, -0.1) is 0 Å². The third kappa shape index (κ3) is 3.10. The van der Waals surface area contributed by atoms with E-state index in [1.54, 1.807) is 7.11 Å². The Morgan fingerprint density at radius 3 is 2.71 bits per heavy atom. The zero-order valence-corrected chi connectivity index (χ0v) is 14.2. The summed E-state index contributed by atoms with van der Waals surface area (Å²) in [5, 5.41) is 14.8. The Hall–Kier alpha value is -2.47. The lowest BCUT2D eigenvalue weighted by Gasteiger charge is -2.12. The average Bonchev–Trinajstić information content (AvgIpc) is 3.03. The quantitative estimate of drug-likeness (QED) is 0.684. The van der Waals surface area contributed by atoms with E-state index in [0.29, 0.717) is 17.1 Å². The average molecular weight is 343 g/mol. The lowest BCUT2D eigenvalue weighted by atomic mass is 9.99. The first kappa shape index (κ1) is 16.4. The van der Waals surface area contributed by atoms with Gasteiger partial charge >= 0.3 is 5.97 Å². The van der Waals surface area contributed by atoms with E-state index in [2.05, 4.69) is 29.9 Å². The molecule has 2 aromatic carbocycles. The van der Waals surface area contributed by atoms with E-state index in [-0.39, 0.29) is 10.9 Å². The molecule has 0 radical (unpaired) electrons. The molecule has 5 nitrogen and oxygen atoms in total. The predicted octanol–water partition coefficient (Wildman–Crippen LogP) is 4.06. The van der Waals surface area contributed by atoms with E-state index in [1.165, 1.54) is 6.07 Å². The second kappa shape index (κ2) is 6.57. The van der Waals surface area contributed by atoms with Crippen molar-refractivity contribution in [3.05, 3.63) is 47.7 Å². The summed E-state index contributed by atoms with van der Waals surface area (Å²) in [5.74, 6) is -0.136.